The normalized spacial score (nSPS) is 10.9. The fourth-order valence-electron chi connectivity index (χ4n) is 2.39. The minimum Gasteiger partial charge on any atom is -0.455 e. The molecule has 3 aromatic carbocycles. The Kier molecular flexibility index (Phi) is 5.61. The number of alkyl halides is 3. The van der Waals surface area contributed by atoms with Gasteiger partial charge in [-0.1, -0.05) is 42.5 Å². The quantitative estimate of drug-likeness (QED) is 0.514. The van der Waals surface area contributed by atoms with Gasteiger partial charge in [-0.3, -0.25) is 0 Å². The van der Waals surface area contributed by atoms with Crippen molar-refractivity contribution in [1.29, 1.82) is 0 Å². The molecule has 0 aliphatic rings. The van der Waals surface area contributed by atoms with E-state index in [1.165, 1.54) is 18.2 Å². The first-order valence-electron chi connectivity index (χ1n) is 7.99. The molecule has 0 unspecified atom stereocenters. The number of anilines is 2. The summed E-state index contributed by atoms with van der Waals surface area (Å²) in [6, 6.07) is 21.3. The third-order valence-electron chi connectivity index (χ3n) is 3.59. The third-order valence-corrected chi connectivity index (χ3v) is 3.79. The van der Waals surface area contributed by atoms with Gasteiger partial charge in [0.05, 0.1) is 16.9 Å². The van der Waals surface area contributed by atoms with E-state index in [1.807, 2.05) is 18.2 Å². The van der Waals surface area contributed by atoms with Crippen molar-refractivity contribution in [2.24, 2.45) is 0 Å². The van der Waals surface area contributed by atoms with Crippen molar-refractivity contribution < 1.29 is 17.9 Å². The van der Waals surface area contributed by atoms with E-state index in [2.05, 4.69) is 10.6 Å². The summed E-state index contributed by atoms with van der Waals surface area (Å²) in [5, 5.41) is 5.51. The van der Waals surface area contributed by atoms with Gasteiger partial charge in [-0.05, 0) is 48.6 Å². The highest BCUT2D eigenvalue weighted by atomic mass is 32.1. The summed E-state index contributed by atoms with van der Waals surface area (Å²) in [5.74, 6) is 1.13. The molecule has 7 heteroatoms. The number of benzene rings is 3. The number of hydrogen-bond acceptors (Lipinski definition) is 2. The Morgan fingerprint density at radius 3 is 2.00 bits per heavy atom. The molecule has 0 amide bonds. The van der Waals surface area contributed by atoms with Crippen molar-refractivity contribution in [2.45, 2.75) is 6.18 Å². The summed E-state index contributed by atoms with van der Waals surface area (Å²) in [6.07, 6.45) is -4.48. The number of hydrogen-bond donors (Lipinski definition) is 2. The number of halogens is 3. The SMILES string of the molecule is FC(F)(F)c1ccccc1NC(=S)Nc1ccccc1Oc1ccccc1. The van der Waals surface area contributed by atoms with Gasteiger partial charge in [0.2, 0.25) is 0 Å². The zero-order chi connectivity index (χ0) is 19.3. The van der Waals surface area contributed by atoms with Gasteiger partial charge in [0, 0.05) is 0 Å². The molecular weight excluding hydrogens is 373 g/mol. The smallest absolute Gasteiger partial charge is 0.418 e. The van der Waals surface area contributed by atoms with Crippen LogP contribution in [0.1, 0.15) is 5.56 Å². The number of para-hydroxylation sites is 4. The summed E-state index contributed by atoms with van der Waals surface area (Å²) < 4.78 is 45.1. The number of nitrogens with one attached hydrogen (secondary N) is 2. The molecule has 0 aromatic heterocycles. The maximum Gasteiger partial charge on any atom is 0.418 e. The maximum absolute atomic E-state index is 13.1. The van der Waals surface area contributed by atoms with E-state index < -0.39 is 11.7 Å². The molecular formula is C20H15F3N2OS. The first-order chi connectivity index (χ1) is 12.9. The Hall–Kier alpha value is -3.06. The lowest BCUT2D eigenvalue weighted by Crippen LogP contribution is -2.21. The van der Waals surface area contributed by atoms with E-state index in [0.29, 0.717) is 17.2 Å². The van der Waals surface area contributed by atoms with Crippen LogP contribution < -0.4 is 15.4 Å². The molecule has 0 spiro atoms. The van der Waals surface area contributed by atoms with Gasteiger partial charge in [0.1, 0.15) is 5.75 Å². The lowest BCUT2D eigenvalue weighted by molar-refractivity contribution is -0.136. The molecule has 3 aromatic rings. The first-order valence-corrected chi connectivity index (χ1v) is 8.40. The first kappa shape index (κ1) is 18.7. The molecule has 3 nitrogen and oxygen atoms in total. The fraction of sp³-hybridized carbons (Fsp3) is 0.0500. The van der Waals surface area contributed by atoms with Gasteiger partial charge in [-0.2, -0.15) is 13.2 Å². The lowest BCUT2D eigenvalue weighted by atomic mass is 10.1. The van der Waals surface area contributed by atoms with Gasteiger partial charge in [-0.15, -0.1) is 0 Å². The van der Waals surface area contributed by atoms with E-state index in [-0.39, 0.29) is 10.8 Å². The third kappa shape index (κ3) is 4.98. The predicted molar refractivity (Wildman–Crippen MR) is 104 cm³/mol. The molecule has 2 N–H and O–H groups in total. The highest BCUT2D eigenvalue weighted by Gasteiger charge is 2.33. The number of rotatable bonds is 4. The number of ether oxygens (including phenoxy) is 1. The monoisotopic (exact) mass is 388 g/mol. The van der Waals surface area contributed by atoms with E-state index in [4.69, 9.17) is 17.0 Å². The Morgan fingerprint density at radius 2 is 1.30 bits per heavy atom. The van der Waals surface area contributed by atoms with Crippen LogP contribution in [0.25, 0.3) is 0 Å². The van der Waals surface area contributed by atoms with Gasteiger partial charge >= 0.3 is 6.18 Å². The second-order valence-electron chi connectivity index (χ2n) is 5.53. The van der Waals surface area contributed by atoms with Crippen LogP contribution in [-0.2, 0) is 6.18 Å². The molecule has 27 heavy (non-hydrogen) atoms. The minimum atomic E-state index is -4.48. The molecule has 0 atom stereocenters. The maximum atomic E-state index is 13.1. The van der Waals surface area contributed by atoms with Gasteiger partial charge in [0.25, 0.3) is 0 Å². The van der Waals surface area contributed by atoms with Crippen molar-refractivity contribution in [3.63, 3.8) is 0 Å². The Balaban J connectivity index is 1.76. The molecule has 3 rings (SSSR count). The van der Waals surface area contributed by atoms with Gasteiger partial charge < -0.3 is 15.4 Å². The van der Waals surface area contributed by atoms with Crippen LogP contribution >= 0.6 is 12.2 Å². The van der Waals surface area contributed by atoms with Crippen molar-refractivity contribution in [2.75, 3.05) is 10.6 Å². The van der Waals surface area contributed by atoms with Crippen LogP contribution in [-0.4, -0.2) is 5.11 Å². The van der Waals surface area contributed by atoms with Crippen molar-refractivity contribution >= 4 is 28.7 Å². The van der Waals surface area contributed by atoms with Crippen LogP contribution in [0.2, 0.25) is 0 Å². The predicted octanol–water partition coefficient (Wildman–Crippen LogP) is 6.31. The second kappa shape index (κ2) is 8.09. The van der Waals surface area contributed by atoms with Crippen LogP contribution in [0.3, 0.4) is 0 Å². The van der Waals surface area contributed by atoms with E-state index in [0.717, 1.165) is 6.07 Å². The molecule has 0 aliphatic heterocycles. The molecule has 138 valence electrons. The molecule has 0 saturated carbocycles. The summed E-state index contributed by atoms with van der Waals surface area (Å²) in [7, 11) is 0. The molecule has 0 heterocycles. The molecule has 0 saturated heterocycles. The van der Waals surface area contributed by atoms with Crippen molar-refractivity contribution in [1.82, 2.24) is 0 Å². The molecule has 0 bridgehead atoms. The van der Waals surface area contributed by atoms with Gasteiger partial charge in [-0.25, -0.2) is 0 Å². The van der Waals surface area contributed by atoms with E-state index >= 15 is 0 Å². The summed E-state index contributed by atoms with van der Waals surface area (Å²) >= 11 is 5.18. The van der Waals surface area contributed by atoms with Gasteiger partial charge in [0.15, 0.2) is 10.9 Å². The summed E-state index contributed by atoms with van der Waals surface area (Å²) in [5.41, 5.74) is -0.379. The highest BCUT2D eigenvalue weighted by molar-refractivity contribution is 7.80. The largest absolute Gasteiger partial charge is 0.455 e. The topological polar surface area (TPSA) is 33.3 Å². The standard InChI is InChI=1S/C20H15F3N2OS/c21-20(22,23)15-10-4-5-11-16(15)24-19(27)25-17-12-6-7-13-18(17)26-14-8-2-1-3-9-14/h1-13H,(H2,24,25,27). The molecule has 0 radical (unpaired) electrons. The molecule has 0 aliphatic carbocycles. The summed E-state index contributed by atoms with van der Waals surface area (Å²) in [4.78, 5) is 0. The zero-order valence-electron chi connectivity index (χ0n) is 14.0. The Bertz CT molecular complexity index is 930. The summed E-state index contributed by atoms with van der Waals surface area (Å²) in [6.45, 7) is 0. The van der Waals surface area contributed by atoms with Crippen molar-refractivity contribution in [3.05, 3.63) is 84.4 Å². The second-order valence-corrected chi connectivity index (χ2v) is 5.94. The van der Waals surface area contributed by atoms with Crippen LogP contribution in [0.5, 0.6) is 11.5 Å². The van der Waals surface area contributed by atoms with Crippen LogP contribution in [0, 0.1) is 0 Å². The number of thiocarbonyl (C=S) groups is 1. The minimum absolute atomic E-state index is 0.0239. The van der Waals surface area contributed by atoms with Crippen LogP contribution in [0.4, 0.5) is 24.5 Å². The van der Waals surface area contributed by atoms with Crippen LogP contribution in [0.15, 0.2) is 78.9 Å². The van der Waals surface area contributed by atoms with E-state index in [1.54, 1.807) is 36.4 Å². The lowest BCUT2D eigenvalue weighted by Gasteiger charge is -2.17. The van der Waals surface area contributed by atoms with Crippen molar-refractivity contribution in [3.8, 4) is 11.5 Å². The Morgan fingerprint density at radius 1 is 0.741 bits per heavy atom. The molecule has 0 fully saturated rings. The zero-order valence-corrected chi connectivity index (χ0v) is 14.8. The highest BCUT2D eigenvalue weighted by Crippen LogP contribution is 2.35. The average Bonchev–Trinajstić information content (AvgIpc) is 2.64. The van der Waals surface area contributed by atoms with E-state index in [9.17, 15) is 13.2 Å². The fourth-order valence-corrected chi connectivity index (χ4v) is 2.61. The Labute approximate surface area is 159 Å². The average molecular weight is 388 g/mol.